The van der Waals surface area contributed by atoms with Crippen molar-refractivity contribution in [3.8, 4) is 11.5 Å². The summed E-state index contributed by atoms with van der Waals surface area (Å²) in [6, 6.07) is 15.0. The molecule has 0 aromatic heterocycles. The minimum Gasteiger partial charge on any atom is -0.516 e. The van der Waals surface area contributed by atoms with Gasteiger partial charge in [-0.25, -0.2) is 4.79 Å². The number of para-hydroxylation sites is 2. The number of hydrogen-bond acceptors (Lipinski definition) is 4. The summed E-state index contributed by atoms with van der Waals surface area (Å²) in [5.74, 6) is 0.960. The summed E-state index contributed by atoms with van der Waals surface area (Å²) in [6.07, 6.45) is 1.79. The fraction of sp³-hybridized carbons (Fsp3) is 0.250. The Hall–Kier alpha value is -2.53. The molecule has 0 atom stereocenters. The Bertz CT molecular complexity index is 775. The van der Waals surface area contributed by atoms with E-state index in [1.165, 1.54) is 0 Å². The van der Waals surface area contributed by atoms with Crippen LogP contribution in [0.15, 0.2) is 48.5 Å². The van der Waals surface area contributed by atoms with Crippen molar-refractivity contribution >= 4 is 25.9 Å². The molecule has 0 amide bonds. The third-order valence-electron chi connectivity index (χ3n) is 3.45. The summed E-state index contributed by atoms with van der Waals surface area (Å²) in [7, 11) is 1.15. The molecule has 0 saturated carbocycles. The van der Waals surface area contributed by atoms with Crippen LogP contribution in [-0.4, -0.2) is 28.5 Å². The Morgan fingerprint density at radius 3 is 2.04 bits per heavy atom. The summed E-state index contributed by atoms with van der Waals surface area (Å²) >= 11 is 0. The first kappa shape index (κ1) is 18.8. The van der Waals surface area contributed by atoms with Gasteiger partial charge in [-0.15, -0.1) is 0 Å². The highest BCUT2D eigenvalue weighted by Gasteiger charge is 2.25. The highest BCUT2D eigenvalue weighted by Crippen LogP contribution is 2.31. The molecule has 0 saturated heterocycles. The van der Waals surface area contributed by atoms with Crippen molar-refractivity contribution in [2.24, 2.45) is 0 Å². The molecule has 4 nitrogen and oxygen atoms in total. The first-order valence-corrected chi connectivity index (χ1v) is 11.5. The van der Waals surface area contributed by atoms with Crippen LogP contribution in [0.3, 0.4) is 0 Å². The SMILES string of the molecule is COc1ccccc1/C=C(/C(=O)O[Si](C)(C)C)c1ccccc1OC. The molecule has 5 heteroatoms. The van der Waals surface area contributed by atoms with E-state index in [-0.39, 0.29) is 5.97 Å². The Morgan fingerprint density at radius 2 is 1.44 bits per heavy atom. The molecule has 0 N–H and O–H groups in total. The summed E-state index contributed by atoms with van der Waals surface area (Å²) in [6.45, 7) is 5.94. The number of hydrogen-bond donors (Lipinski definition) is 0. The molecule has 2 aromatic rings. The minimum absolute atomic E-state index is 0.352. The Morgan fingerprint density at radius 1 is 0.880 bits per heavy atom. The van der Waals surface area contributed by atoms with Gasteiger partial charge in [-0.2, -0.15) is 0 Å². The molecule has 2 aromatic carbocycles. The number of carbonyl (C=O) groups is 1. The highest BCUT2D eigenvalue weighted by atomic mass is 28.4. The zero-order valence-corrected chi connectivity index (χ0v) is 16.3. The van der Waals surface area contributed by atoms with Crippen LogP contribution >= 0.6 is 0 Å². The van der Waals surface area contributed by atoms with Gasteiger partial charge in [0.1, 0.15) is 11.5 Å². The molecule has 0 heterocycles. The van der Waals surface area contributed by atoms with Gasteiger partial charge in [-0.1, -0.05) is 36.4 Å². The lowest BCUT2D eigenvalue weighted by atomic mass is 10.0. The van der Waals surface area contributed by atoms with Gasteiger partial charge >= 0.3 is 5.97 Å². The van der Waals surface area contributed by atoms with Crippen molar-refractivity contribution in [2.75, 3.05) is 14.2 Å². The van der Waals surface area contributed by atoms with Crippen molar-refractivity contribution in [1.29, 1.82) is 0 Å². The van der Waals surface area contributed by atoms with E-state index >= 15 is 0 Å². The van der Waals surface area contributed by atoms with E-state index < -0.39 is 8.32 Å². The third kappa shape index (κ3) is 4.97. The van der Waals surface area contributed by atoms with E-state index in [1.807, 2.05) is 68.2 Å². The molecule has 0 aliphatic rings. The van der Waals surface area contributed by atoms with E-state index in [9.17, 15) is 4.79 Å². The molecule has 2 rings (SSSR count). The third-order valence-corrected chi connectivity index (χ3v) is 4.25. The molecule has 0 spiro atoms. The Kier molecular flexibility index (Phi) is 6.04. The molecule has 0 bridgehead atoms. The van der Waals surface area contributed by atoms with Gasteiger partial charge in [-0.3, -0.25) is 0 Å². The first-order chi connectivity index (χ1) is 11.9. The fourth-order valence-electron chi connectivity index (χ4n) is 2.39. The van der Waals surface area contributed by atoms with E-state index in [0.717, 1.165) is 5.56 Å². The van der Waals surface area contributed by atoms with Gasteiger partial charge in [0.2, 0.25) is 8.32 Å². The van der Waals surface area contributed by atoms with E-state index in [2.05, 4.69) is 0 Å². The van der Waals surface area contributed by atoms with E-state index in [0.29, 0.717) is 22.6 Å². The van der Waals surface area contributed by atoms with E-state index in [4.69, 9.17) is 13.9 Å². The average Bonchev–Trinajstić information content (AvgIpc) is 2.58. The van der Waals surface area contributed by atoms with Gasteiger partial charge in [0.05, 0.1) is 19.8 Å². The first-order valence-electron chi connectivity index (χ1n) is 8.07. The van der Waals surface area contributed by atoms with Crippen LogP contribution in [-0.2, 0) is 9.22 Å². The number of methoxy groups -OCH3 is 2. The average molecular weight is 356 g/mol. The van der Waals surface area contributed by atoms with Crippen molar-refractivity contribution in [3.05, 3.63) is 59.7 Å². The Labute approximate surface area is 150 Å². The van der Waals surface area contributed by atoms with Crippen molar-refractivity contribution in [2.45, 2.75) is 19.6 Å². The van der Waals surface area contributed by atoms with Crippen LogP contribution in [0.2, 0.25) is 19.6 Å². The predicted molar refractivity (Wildman–Crippen MR) is 103 cm³/mol. The lowest BCUT2D eigenvalue weighted by molar-refractivity contribution is -0.128. The normalized spacial score (nSPS) is 11.8. The maximum Gasteiger partial charge on any atom is 0.325 e. The van der Waals surface area contributed by atoms with Gasteiger partial charge < -0.3 is 13.9 Å². The van der Waals surface area contributed by atoms with Gasteiger partial charge in [0.25, 0.3) is 0 Å². The number of rotatable bonds is 6. The van der Waals surface area contributed by atoms with Crippen LogP contribution in [0.1, 0.15) is 11.1 Å². The second kappa shape index (κ2) is 8.03. The second-order valence-corrected chi connectivity index (χ2v) is 10.9. The maximum absolute atomic E-state index is 12.9. The number of benzene rings is 2. The monoisotopic (exact) mass is 356 g/mol. The smallest absolute Gasteiger partial charge is 0.325 e. The van der Waals surface area contributed by atoms with Crippen LogP contribution in [0, 0.1) is 0 Å². The van der Waals surface area contributed by atoms with Gasteiger partial charge in [-0.05, 0) is 37.8 Å². The van der Waals surface area contributed by atoms with Gasteiger partial charge in [0.15, 0.2) is 0 Å². The highest BCUT2D eigenvalue weighted by molar-refractivity contribution is 6.72. The quantitative estimate of drug-likeness (QED) is 0.430. The number of carbonyl (C=O) groups excluding carboxylic acids is 1. The molecule has 0 unspecified atom stereocenters. The molecule has 0 fully saturated rings. The van der Waals surface area contributed by atoms with Crippen LogP contribution in [0.4, 0.5) is 0 Å². The summed E-state index contributed by atoms with van der Waals surface area (Å²) in [5.41, 5.74) is 1.95. The lowest BCUT2D eigenvalue weighted by Gasteiger charge is -2.20. The fourth-order valence-corrected chi connectivity index (χ4v) is 3.05. The molecule has 0 aliphatic heterocycles. The molecular weight excluding hydrogens is 332 g/mol. The number of ether oxygens (including phenoxy) is 2. The maximum atomic E-state index is 12.9. The topological polar surface area (TPSA) is 44.8 Å². The van der Waals surface area contributed by atoms with Crippen LogP contribution < -0.4 is 9.47 Å². The van der Waals surface area contributed by atoms with Crippen molar-refractivity contribution in [1.82, 2.24) is 0 Å². The predicted octanol–water partition coefficient (Wildman–Crippen LogP) is 4.62. The summed E-state index contributed by atoms with van der Waals surface area (Å²) < 4.78 is 16.6. The minimum atomic E-state index is -2.05. The molecule has 0 aliphatic carbocycles. The molecule has 25 heavy (non-hydrogen) atoms. The largest absolute Gasteiger partial charge is 0.516 e. The standard InChI is InChI=1S/C20H24O4Si/c1-22-18-12-8-6-10-15(18)14-17(20(21)24-25(3,4)5)16-11-7-9-13-19(16)23-2/h6-14H,1-5H3/b17-14+. The van der Waals surface area contributed by atoms with Gasteiger partial charge in [0, 0.05) is 11.1 Å². The summed E-state index contributed by atoms with van der Waals surface area (Å²) in [4.78, 5) is 12.9. The lowest BCUT2D eigenvalue weighted by Crippen LogP contribution is -2.29. The van der Waals surface area contributed by atoms with Crippen LogP contribution in [0.5, 0.6) is 11.5 Å². The molecule has 0 radical (unpaired) electrons. The zero-order chi connectivity index (χ0) is 18.4. The Balaban J connectivity index is 2.60. The van der Waals surface area contributed by atoms with E-state index in [1.54, 1.807) is 20.3 Å². The molecule has 132 valence electrons. The van der Waals surface area contributed by atoms with Crippen molar-refractivity contribution in [3.63, 3.8) is 0 Å². The second-order valence-electron chi connectivity index (χ2n) is 6.50. The summed E-state index contributed by atoms with van der Waals surface area (Å²) in [5, 5.41) is 0. The molecular formula is C20H24O4Si. The zero-order valence-electron chi connectivity index (χ0n) is 15.3. The van der Waals surface area contributed by atoms with Crippen molar-refractivity contribution < 1.29 is 18.7 Å². The van der Waals surface area contributed by atoms with Crippen LogP contribution in [0.25, 0.3) is 11.6 Å².